The summed E-state index contributed by atoms with van der Waals surface area (Å²) in [6, 6.07) is 14.0. The summed E-state index contributed by atoms with van der Waals surface area (Å²) < 4.78 is 1.82. The van der Waals surface area contributed by atoms with E-state index in [9.17, 15) is 5.11 Å². The number of hydrogen-bond donors (Lipinski definition) is 4. The minimum Gasteiger partial charge on any atom is -0.508 e. The van der Waals surface area contributed by atoms with Crippen LogP contribution in [0.15, 0.2) is 60.6 Å². The Morgan fingerprint density at radius 1 is 1.17 bits per heavy atom. The first-order valence-corrected chi connectivity index (χ1v) is 9.77. The first-order chi connectivity index (χ1) is 14.1. The number of benzene rings is 2. The molecule has 0 spiro atoms. The molecule has 2 aliphatic heterocycles. The Labute approximate surface area is 169 Å². The van der Waals surface area contributed by atoms with E-state index in [0.29, 0.717) is 0 Å². The van der Waals surface area contributed by atoms with Crippen molar-refractivity contribution >= 4 is 11.4 Å². The molecule has 0 saturated carbocycles. The van der Waals surface area contributed by atoms with Gasteiger partial charge in [-0.2, -0.15) is 5.10 Å². The quantitative estimate of drug-likeness (QED) is 0.551. The predicted octanol–water partition coefficient (Wildman–Crippen LogP) is 3.36. The smallest absolute Gasteiger partial charge is 0.117 e. The van der Waals surface area contributed by atoms with Crippen LogP contribution in [-0.2, 0) is 7.05 Å². The third kappa shape index (κ3) is 3.19. The second-order valence-corrected chi connectivity index (χ2v) is 7.60. The molecule has 0 amide bonds. The highest BCUT2D eigenvalue weighted by Crippen LogP contribution is 2.39. The van der Waals surface area contributed by atoms with E-state index in [0.717, 1.165) is 35.5 Å². The number of hydrogen-bond acceptors (Lipinski definition) is 6. The van der Waals surface area contributed by atoms with Crippen LogP contribution in [0.1, 0.15) is 30.5 Å². The van der Waals surface area contributed by atoms with Gasteiger partial charge in [0.1, 0.15) is 5.75 Å². The number of nitrogens with zero attached hydrogens (tertiary/aromatic N) is 3. The molecule has 29 heavy (non-hydrogen) atoms. The van der Waals surface area contributed by atoms with Crippen LogP contribution in [0.5, 0.6) is 5.75 Å². The molecule has 0 bridgehead atoms. The largest absolute Gasteiger partial charge is 0.508 e. The van der Waals surface area contributed by atoms with Crippen LogP contribution in [0.2, 0.25) is 0 Å². The Kier molecular flexibility index (Phi) is 4.17. The Hall–Kier alpha value is -3.45. The summed E-state index contributed by atoms with van der Waals surface area (Å²) in [5.74, 6) is 0.262. The van der Waals surface area contributed by atoms with Crippen molar-refractivity contribution in [1.29, 1.82) is 0 Å². The summed E-state index contributed by atoms with van der Waals surface area (Å²) in [6.07, 6.45) is 4.84. The number of fused-ring (bicyclic) bond motifs is 3. The second-order valence-electron chi connectivity index (χ2n) is 7.60. The van der Waals surface area contributed by atoms with E-state index >= 15 is 0 Å². The van der Waals surface area contributed by atoms with E-state index in [2.05, 4.69) is 51.5 Å². The molecule has 2 aliphatic rings. The molecule has 1 unspecified atom stereocenters. The molecule has 7 heteroatoms. The summed E-state index contributed by atoms with van der Waals surface area (Å²) in [5, 5.41) is 20.0. The molecule has 2 aromatic carbocycles. The van der Waals surface area contributed by atoms with E-state index in [1.54, 1.807) is 12.1 Å². The number of nitrogens with one attached hydrogen (secondary N) is 3. The van der Waals surface area contributed by atoms with Crippen molar-refractivity contribution in [2.75, 3.05) is 11.9 Å². The molecule has 1 aromatic heterocycles. The van der Waals surface area contributed by atoms with Gasteiger partial charge in [0.05, 0.1) is 23.6 Å². The van der Waals surface area contributed by atoms with Crippen LogP contribution in [0.3, 0.4) is 0 Å². The zero-order valence-electron chi connectivity index (χ0n) is 16.5. The lowest BCUT2D eigenvalue weighted by molar-refractivity contribution is 0.281. The van der Waals surface area contributed by atoms with Crippen LogP contribution in [0.4, 0.5) is 5.69 Å². The zero-order valence-corrected chi connectivity index (χ0v) is 16.5. The molecule has 0 radical (unpaired) electrons. The van der Waals surface area contributed by atoms with Crippen molar-refractivity contribution in [3.63, 3.8) is 0 Å². The standard InChI is InChI=1S/C22H24N6O/c1-14-22-19-7-6-15(16-12-23-27(2)13-16)10-20(19)21(8-9-28(22)26-25-14)24-17-4-3-5-18(29)11-17/h3-7,10-13,21,24-26,29H,8-9H2,1-2H3. The molecular formula is C22H24N6O. The van der Waals surface area contributed by atoms with Crippen LogP contribution in [0.25, 0.3) is 16.8 Å². The fourth-order valence-corrected chi connectivity index (χ4v) is 4.16. The third-order valence-corrected chi connectivity index (χ3v) is 5.55. The summed E-state index contributed by atoms with van der Waals surface area (Å²) in [4.78, 5) is 0. The summed E-state index contributed by atoms with van der Waals surface area (Å²) >= 11 is 0. The first-order valence-electron chi connectivity index (χ1n) is 9.77. The number of phenolic OH excluding ortho intramolecular Hbond substituents is 1. The van der Waals surface area contributed by atoms with E-state index < -0.39 is 0 Å². The van der Waals surface area contributed by atoms with Crippen LogP contribution in [-0.4, -0.2) is 26.4 Å². The molecule has 5 rings (SSSR count). The molecule has 3 heterocycles. The lowest BCUT2D eigenvalue weighted by Gasteiger charge is -2.21. The average molecular weight is 388 g/mol. The highest BCUT2D eigenvalue weighted by atomic mass is 16.3. The summed E-state index contributed by atoms with van der Waals surface area (Å²) in [7, 11) is 1.93. The molecule has 0 fully saturated rings. The third-order valence-electron chi connectivity index (χ3n) is 5.55. The number of aromatic nitrogens is 2. The van der Waals surface area contributed by atoms with Gasteiger partial charge in [0, 0.05) is 42.7 Å². The molecule has 148 valence electrons. The fraction of sp³-hybridized carbons (Fsp3) is 0.227. The highest BCUT2D eigenvalue weighted by Gasteiger charge is 2.30. The Balaban J connectivity index is 1.62. The van der Waals surface area contributed by atoms with E-state index in [1.807, 2.05) is 36.3 Å². The molecule has 7 nitrogen and oxygen atoms in total. The lowest BCUT2D eigenvalue weighted by Crippen LogP contribution is -2.37. The minimum atomic E-state index is 0.108. The number of phenols is 1. The topological polar surface area (TPSA) is 77.4 Å². The normalized spacial score (nSPS) is 18.1. The fourth-order valence-electron chi connectivity index (χ4n) is 4.16. The lowest BCUT2D eigenvalue weighted by atomic mass is 9.93. The van der Waals surface area contributed by atoms with Gasteiger partial charge in [0.2, 0.25) is 0 Å². The monoisotopic (exact) mass is 388 g/mol. The number of aromatic hydroxyl groups is 1. The Morgan fingerprint density at radius 2 is 2.07 bits per heavy atom. The van der Waals surface area contributed by atoms with E-state index in [1.165, 1.54) is 16.8 Å². The van der Waals surface area contributed by atoms with Crippen molar-refractivity contribution in [2.24, 2.45) is 7.05 Å². The van der Waals surface area contributed by atoms with Gasteiger partial charge in [-0.25, -0.2) is 0 Å². The Morgan fingerprint density at radius 3 is 2.86 bits per heavy atom. The number of anilines is 1. The van der Waals surface area contributed by atoms with Crippen molar-refractivity contribution < 1.29 is 5.11 Å². The second kappa shape index (κ2) is 6.86. The van der Waals surface area contributed by atoms with Crippen molar-refractivity contribution in [2.45, 2.75) is 19.4 Å². The van der Waals surface area contributed by atoms with Gasteiger partial charge in [0.15, 0.2) is 0 Å². The van der Waals surface area contributed by atoms with Gasteiger partial charge in [0.25, 0.3) is 0 Å². The molecule has 0 saturated heterocycles. The molecule has 0 aliphatic carbocycles. The van der Waals surface area contributed by atoms with Gasteiger partial charge in [-0.05, 0) is 42.7 Å². The molecule has 3 aromatic rings. The van der Waals surface area contributed by atoms with Crippen molar-refractivity contribution in [1.82, 2.24) is 25.7 Å². The van der Waals surface area contributed by atoms with Crippen LogP contribution in [0, 0.1) is 0 Å². The maximum atomic E-state index is 9.87. The predicted molar refractivity (Wildman–Crippen MR) is 113 cm³/mol. The van der Waals surface area contributed by atoms with Gasteiger partial charge < -0.3 is 15.8 Å². The van der Waals surface area contributed by atoms with Crippen LogP contribution < -0.4 is 16.3 Å². The van der Waals surface area contributed by atoms with Crippen molar-refractivity contribution in [3.8, 4) is 16.9 Å². The summed E-state index contributed by atoms with van der Waals surface area (Å²) in [5.41, 5.74) is 14.4. The average Bonchev–Trinajstić information content (AvgIpc) is 3.26. The van der Waals surface area contributed by atoms with Crippen molar-refractivity contribution in [3.05, 3.63) is 71.7 Å². The van der Waals surface area contributed by atoms with Gasteiger partial charge in [-0.1, -0.05) is 18.2 Å². The number of rotatable bonds is 3. The molecule has 1 atom stereocenters. The SMILES string of the molecule is CC1=C2c3ccc(-c4cnn(C)c4)cc3C(Nc3cccc(O)c3)CCN2NN1. The van der Waals surface area contributed by atoms with Gasteiger partial charge in [-0.3, -0.25) is 9.69 Å². The van der Waals surface area contributed by atoms with Gasteiger partial charge >= 0.3 is 0 Å². The molecule has 4 N–H and O–H groups in total. The zero-order chi connectivity index (χ0) is 20.0. The maximum Gasteiger partial charge on any atom is 0.117 e. The minimum absolute atomic E-state index is 0.108. The highest BCUT2D eigenvalue weighted by molar-refractivity contribution is 5.75. The first kappa shape index (κ1) is 17.6. The maximum absolute atomic E-state index is 9.87. The number of hydrazine groups is 2. The Bertz CT molecular complexity index is 1100. The van der Waals surface area contributed by atoms with E-state index in [-0.39, 0.29) is 11.8 Å². The van der Waals surface area contributed by atoms with E-state index in [4.69, 9.17) is 0 Å². The van der Waals surface area contributed by atoms with Gasteiger partial charge in [-0.15, -0.1) is 5.53 Å². The summed E-state index contributed by atoms with van der Waals surface area (Å²) in [6.45, 7) is 2.94. The molecular weight excluding hydrogens is 364 g/mol. The number of aryl methyl sites for hydroxylation is 1. The van der Waals surface area contributed by atoms with Crippen LogP contribution >= 0.6 is 0 Å². The number of allylic oxidation sites excluding steroid dienone is 1.